The van der Waals surface area contributed by atoms with E-state index in [1.807, 2.05) is 80.6 Å². The fraction of sp³-hybridized carbons (Fsp3) is 0.212. The van der Waals surface area contributed by atoms with E-state index in [0.717, 1.165) is 39.8 Å². The molecule has 9 heteroatoms. The lowest BCUT2D eigenvalue weighted by atomic mass is 9.99. The Bertz CT molecular complexity index is 1860. The van der Waals surface area contributed by atoms with E-state index in [1.165, 1.54) is 5.56 Å². The molecule has 6 rings (SSSR count). The molecule has 8 nitrogen and oxygen atoms in total. The largest absolute Gasteiger partial charge is 0.468 e. The molecule has 0 radical (unpaired) electrons. The van der Waals surface area contributed by atoms with Gasteiger partial charge in [0.1, 0.15) is 11.8 Å². The van der Waals surface area contributed by atoms with Gasteiger partial charge in [-0.2, -0.15) is 0 Å². The standard InChI is InChI=1S/C33H31ClN6O2/c1-22-14-15-23(2)30-27(22)19-28(33(41)35-30)31(32-36-37-38-40(32)17-16-24-9-4-3-5-10-24)39(21-26-12-8-18-42-26)20-25-11-6-7-13-29(25)34/h3-15,18-19,31H,16-17,20-21H2,1-2H3,(H,35,41)/t31-/m1/s1. The Morgan fingerprint density at radius 3 is 2.52 bits per heavy atom. The summed E-state index contributed by atoms with van der Waals surface area (Å²) in [6.07, 6.45) is 2.39. The van der Waals surface area contributed by atoms with Crippen LogP contribution in [0.25, 0.3) is 10.9 Å². The number of nitrogens with one attached hydrogen (secondary N) is 1. The molecule has 3 heterocycles. The van der Waals surface area contributed by atoms with Crippen molar-refractivity contribution < 1.29 is 4.42 Å². The van der Waals surface area contributed by atoms with Crippen LogP contribution in [0.15, 0.2) is 100 Å². The second-order valence-electron chi connectivity index (χ2n) is 10.5. The number of halogens is 1. The van der Waals surface area contributed by atoms with Crippen LogP contribution in [0.3, 0.4) is 0 Å². The fourth-order valence-corrected chi connectivity index (χ4v) is 5.62. The minimum absolute atomic E-state index is 0.192. The zero-order valence-electron chi connectivity index (χ0n) is 23.5. The Labute approximate surface area is 248 Å². The van der Waals surface area contributed by atoms with Gasteiger partial charge in [-0.25, -0.2) is 4.68 Å². The van der Waals surface area contributed by atoms with Gasteiger partial charge in [0.25, 0.3) is 5.56 Å². The number of fused-ring (bicyclic) bond motifs is 1. The van der Waals surface area contributed by atoms with Gasteiger partial charge in [0.2, 0.25) is 0 Å². The molecule has 42 heavy (non-hydrogen) atoms. The van der Waals surface area contributed by atoms with E-state index in [-0.39, 0.29) is 5.56 Å². The van der Waals surface area contributed by atoms with Crippen LogP contribution in [-0.2, 0) is 26.1 Å². The van der Waals surface area contributed by atoms with E-state index >= 15 is 0 Å². The van der Waals surface area contributed by atoms with Gasteiger partial charge < -0.3 is 9.40 Å². The van der Waals surface area contributed by atoms with Crippen molar-refractivity contribution in [3.8, 4) is 0 Å². The molecule has 0 saturated heterocycles. The average Bonchev–Trinajstić information content (AvgIpc) is 3.69. The van der Waals surface area contributed by atoms with Gasteiger partial charge in [-0.3, -0.25) is 9.69 Å². The number of H-pyrrole nitrogens is 1. The normalized spacial score (nSPS) is 12.3. The highest BCUT2D eigenvalue weighted by atomic mass is 35.5. The lowest BCUT2D eigenvalue weighted by Gasteiger charge is -2.31. The Hall–Kier alpha value is -4.53. The summed E-state index contributed by atoms with van der Waals surface area (Å²) in [5, 5.41) is 14.6. The molecule has 0 aliphatic carbocycles. The quantitative estimate of drug-likeness (QED) is 0.202. The van der Waals surface area contributed by atoms with Gasteiger partial charge in [-0.15, -0.1) is 5.10 Å². The third-order valence-electron chi connectivity index (χ3n) is 7.66. The number of aromatic amines is 1. The number of pyridine rings is 1. The number of hydrogen-bond acceptors (Lipinski definition) is 6. The van der Waals surface area contributed by atoms with Gasteiger partial charge in [-0.05, 0) is 77.2 Å². The minimum atomic E-state index is -0.606. The summed E-state index contributed by atoms with van der Waals surface area (Å²) in [7, 11) is 0. The van der Waals surface area contributed by atoms with Crippen molar-refractivity contribution >= 4 is 22.5 Å². The number of aryl methyl sites for hydroxylation is 4. The molecule has 212 valence electrons. The van der Waals surface area contributed by atoms with Gasteiger partial charge in [-0.1, -0.05) is 72.3 Å². The van der Waals surface area contributed by atoms with E-state index in [2.05, 4.69) is 43.6 Å². The van der Waals surface area contributed by atoms with Gasteiger partial charge in [0.15, 0.2) is 5.82 Å². The number of benzene rings is 3. The van der Waals surface area contributed by atoms with Crippen molar-refractivity contribution in [1.82, 2.24) is 30.1 Å². The summed E-state index contributed by atoms with van der Waals surface area (Å²) in [6.45, 7) is 5.43. The lowest BCUT2D eigenvalue weighted by Crippen LogP contribution is -2.35. The topological polar surface area (TPSA) is 92.8 Å². The van der Waals surface area contributed by atoms with Gasteiger partial charge in [0.05, 0.1) is 18.3 Å². The van der Waals surface area contributed by atoms with Crippen LogP contribution in [-0.4, -0.2) is 30.1 Å². The maximum atomic E-state index is 13.9. The molecule has 0 bridgehead atoms. The highest BCUT2D eigenvalue weighted by Gasteiger charge is 2.32. The van der Waals surface area contributed by atoms with E-state index in [1.54, 1.807) is 10.9 Å². The minimum Gasteiger partial charge on any atom is -0.468 e. The average molecular weight is 579 g/mol. The van der Waals surface area contributed by atoms with Crippen LogP contribution in [0.1, 0.15) is 45.4 Å². The molecule has 0 spiro atoms. The van der Waals surface area contributed by atoms with Crippen molar-refractivity contribution in [1.29, 1.82) is 0 Å². The van der Waals surface area contributed by atoms with Crippen LogP contribution in [0, 0.1) is 13.8 Å². The first kappa shape index (κ1) is 27.6. The summed E-state index contributed by atoms with van der Waals surface area (Å²) in [6, 6.07) is 27.2. The smallest absolute Gasteiger partial charge is 0.253 e. The number of nitrogens with zero attached hydrogens (tertiary/aromatic N) is 5. The first-order valence-corrected chi connectivity index (χ1v) is 14.3. The number of tetrazole rings is 1. The van der Waals surface area contributed by atoms with Crippen molar-refractivity contribution in [3.05, 3.63) is 146 Å². The zero-order chi connectivity index (χ0) is 29.1. The summed E-state index contributed by atoms with van der Waals surface area (Å²) >= 11 is 6.66. The maximum absolute atomic E-state index is 13.9. The van der Waals surface area contributed by atoms with Crippen LogP contribution in [0.2, 0.25) is 5.02 Å². The fourth-order valence-electron chi connectivity index (χ4n) is 5.43. The molecule has 0 fully saturated rings. The first-order valence-electron chi connectivity index (χ1n) is 13.9. The maximum Gasteiger partial charge on any atom is 0.253 e. The Kier molecular flexibility index (Phi) is 7.99. The van der Waals surface area contributed by atoms with E-state index < -0.39 is 6.04 Å². The number of rotatable bonds is 10. The van der Waals surface area contributed by atoms with E-state index in [4.69, 9.17) is 16.0 Å². The third kappa shape index (κ3) is 5.77. The van der Waals surface area contributed by atoms with Crippen molar-refractivity contribution in [2.24, 2.45) is 0 Å². The second kappa shape index (κ2) is 12.1. The second-order valence-corrected chi connectivity index (χ2v) is 10.9. The van der Waals surface area contributed by atoms with Gasteiger partial charge in [0, 0.05) is 29.1 Å². The number of aromatic nitrogens is 5. The van der Waals surface area contributed by atoms with Crippen LogP contribution in [0.5, 0.6) is 0 Å². The Balaban J connectivity index is 1.52. The Morgan fingerprint density at radius 2 is 1.74 bits per heavy atom. The molecule has 0 saturated carbocycles. The van der Waals surface area contributed by atoms with E-state index in [0.29, 0.717) is 36.0 Å². The van der Waals surface area contributed by atoms with Gasteiger partial charge >= 0.3 is 0 Å². The SMILES string of the molecule is Cc1ccc(C)c2[nH]c(=O)c([C@H](c3nnnn3CCc3ccccc3)N(Cc3ccco3)Cc3ccccc3Cl)cc12. The molecule has 1 N–H and O–H groups in total. The summed E-state index contributed by atoms with van der Waals surface area (Å²) in [5.74, 6) is 1.32. The molecule has 6 aromatic rings. The molecular weight excluding hydrogens is 548 g/mol. The highest BCUT2D eigenvalue weighted by Crippen LogP contribution is 2.32. The van der Waals surface area contributed by atoms with Crippen molar-refractivity contribution in [2.75, 3.05) is 0 Å². The zero-order valence-corrected chi connectivity index (χ0v) is 24.3. The van der Waals surface area contributed by atoms with Crippen molar-refractivity contribution in [2.45, 2.75) is 45.9 Å². The molecule has 3 aromatic carbocycles. The predicted molar refractivity (Wildman–Crippen MR) is 163 cm³/mol. The predicted octanol–water partition coefficient (Wildman–Crippen LogP) is 6.41. The summed E-state index contributed by atoms with van der Waals surface area (Å²) < 4.78 is 7.58. The molecule has 0 aliphatic heterocycles. The van der Waals surface area contributed by atoms with Crippen LogP contribution in [0.4, 0.5) is 0 Å². The summed E-state index contributed by atoms with van der Waals surface area (Å²) in [5.41, 5.74) is 5.35. The van der Waals surface area contributed by atoms with Crippen LogP contribution >= 0.6 is 11.6 Å². The number of furan rings is 1. The van der Waals surface area contributed by atoms with Crippen LogP contribution < -0.4 is 5.56 Å². The first-order chi connectivity index (χ1) is 20.5. The highest BCUT2D eigenvalue weighted by molar-refractivity contribution is 6.31. The number of hydrogen-bond donors (Lipinski definition) is 1. The molecule has 0 aliphatic rings. The van der Waals surface area contributed by atoms with E-state index in [9.17, 15) is 4.79 Å². The third-order valence-corrected chi connectivity index (χ3v) is 8.03. The molecule has 3 aromatic heterocycles. The summed E-state index contributed by atoms with van der Waals surface area (Å²) in [4.78, 5) is 19.3. The molecule has 1 atom stereocenters. The molecular formula is C33H31ClN6O2. The van der Waals surface area contributed by atoms with Crippen molar-refractivity contribution in [3.63, 3.8) is 0 Å². The lowest BCUT2D eigenvalue weighted by molar-refractivity contribution is 0.179. The Morgan fingerprint density at radius 1 is 0.952 bits per heavy atom. The monoisotopic (exact) mass is 578 g/mol. The molecule has 0 unspecified atom stereocenters. The molecule has 0 amide bonds.